The fourth-order valence-corrected chi connectivity index (χ4v) is 3.40. The molecule has 0 spiro atoms. The summed E-state index contributed by atoms with van der Waals surface area (Å²) in [6.45, 7) is 0.658. The molecule has 0 aromatic heterocycles. The number of halogens is 1. The van der Waals surface area contributed by atoms with Crippen molar-refractivity contribution in [2.24, 2.45) is 0 Å². The average Bonchev–Trinajstić information content (AvgIpc) is 3.11. The molecule has 1 atom stereocenters. The van der Waals surface area contributed by atoms with Crippen molar-refractivity contribution in [3.63, 3.8) is 0 Å². The highest BCUT2D eigenvalue weighted by Crippen LogP contribution is 2.34. The highest BCUT2D eigenvalue weighted by molar-refractivity contribution is 5.79. The van der Waals surface area contributed by atoms with Crippen molar-refractivity contribution < 1.29 is 18.7 Å². The first-order valence-corrected chi connectivity index (χ1v) is 8.39. The maximum Gasteiger partial charge on any atom is 0.227 e. The minimum atomic E-state index is -0.252. The van der Waals surface area contributed by atoms with Crippen molar-refractivity contribution in [1.82, 2.24) is 4.90 Å². The molecule has 4 nitrogen and oxygen atoms in total. The molecule has 1 heterocycles. The summed E-state index contributed by atoms with van der Waals surface area (Å²) in [5.41, 5.74) is 1.45. The topological polar surface area (TPSA) is 38.8 Å². The molecule has 1 amide bonds. The zero-order chi connectivity index (χ0) is 17.8. The number of nitrogens with zero attached hydrogens (tertiary/aromatic N) is 1. The zero-order valence-electron chi connectivity index (χ0n) is 14.5. The molecule has 0 aliphatic carbocycles. The lowest BCUT2D eigenvalue weighted by atomic mass is 10.0. The number of hydrogen-bond donors (Lipinski definition) is 0. The third-order valence-corrected chi connectivity index (χ3v) is 4.64. The Morgan fingerprint density at radius 2 is 1.92 bits per heavy atom. The standard InChI is InChI=1S/C20H22FNO3/c1-24-18-10-9-14(12-19(18)25-2)13-20(23)22-11-5-8-17(22)15-6-3-4-7-16(15)21/h3-4,6-7,9-10,12,17H,5,8,11,13H2,1-2H3. The van der Waals surface area contributed by atoms with Gasteiger partial charge in [-0.1, -0.05) is 24.3 Å². The van der Waals surface area contributed by atoms with Crippen LogP contribution in [0.25, 0.3) is 0 Å². The van der Waals surface area contributed by atoms with Crippen LogP contribution in [0.2, 0.25) is 0 Å². The van der Waals surface area contributed by atoms with Crippen molar-refractivity contribution in [3.05, 3.63) is 59.4 Å². The molecule has 0 N–H and O–H groups in total. The number of amides is 1. The van der Waals surface area contributed by atoms with Gasteiger partial charge < -0.3 is 14.4 Å². The number of hydrogen-bond acceptors (Lipinski definition) is 3. The van der Waals surface area contributed by atoms with Crippen LogP contribution in [-0.4, -0.2) is 31.6 Å². The summed E-state index contributed by atoms with van der Waals surface area (Å²) >= 11 is 0. The Labute approximate surface area is 147 Å². The molecule has 25 heavy (non-hydrogen) atoms. The number of benzene rings is 2. The number of carbonyl (C=O) groups excluding carboxylic acids is 1. The van der Waals surface area contributed by atoms with Gasteiger partial charge in [-0.05, 0) is 36.6 Å². The third kappa shape index (κ3) is 3.60. The predicted molar refractivity (Wildman–Crippen MR) is 93.3 cm³/mol. The summed E-state index contributed by atoms with van der Waals surface area (Å²) in [7, 11) is 3.14. The Kier molecular flexibility index (Phi) is 5.22. The largest absolute Gasteiger partial charge is 0.493 e. The molecule has 2 aromatic rings. The van der Waals surface area contributed by atoms with Gasteiger partial charge in [0.2, 0.25) is 5.91 Å². The summed E-state index contributed by atoms with van der Waals surface area (Å²) < 4.78 is 24.6. The number of ether oxygens (including phenoxy) is 2. The van der Waals surface area contributed by atoms with E-state index >= 15 is 0 Å². The van der Waals surface area contributed by atoms with Gasteiger partial charge in [0.15, 0.2) is 11.5 Å². The van der Waals surface area contributed by atoms with E-state index in [0.29, 0.717) is 23.6 Å². The quantitative estimate of drug-likeness (QED) is 0.830. The molecule has 0 bridgehead atoms. The fraction of sp³-hybridized carbons (Fsp3) is 0.350. The molecule has 5 heteroatoms. The Morgan fingerprint density at radius 1 is 1.16 bits per heavy atom. The van der Waals surface area contributed by atoms with Gasteiger partial charge in [-0.2, -0.15) is 0 Å². The number of carbonyl (C=O) groups is 1. The van der Waals surface area contributed by atoms with E-state index < -0.39 is 0 Å². The van der Waals surface area contributed by atoms with Crippen LogP contribution in [0.3, 0.4) is 0 Å². The van der Waals surface area contributed by atoms with Crippen LogP contribution in [0.1, 0.15) is 30.0 Å². The molecule has 1 unspecified atom stereocenters. The van der Waals surface area contributed by atoms with Gasteiger partial charge in [0.1, 0.15) is 5.82 Å². The van der Waals surface area contributed by atoms with Crippen molar-refractivity contribution in [2.75, 3.05) is 20.8 Å². The number of rotatable bonds is 5. The van der Waals surface area contributed by atoms with Crippen molar-refractivity contribution in [2.45, 2.75) is 25.3 Å². The maximum atomic E-state index is 14.1. The van der Waals surface area contributed by atoms with Crippen LogP contribution in [0.15, 0.2) is 42.5 Å². The van der Waals surface area contributed by atoms with Gasteiger partial charge in [0.05, 0.1) is 26.7 Å². The second kappa shape index (κ2) is 7.55. The minimum Gasteiger partial charge on any atom is -0.493 e. The van der Waals surface area contributed by atoms with E-state index in [1.54, 1.807) is 37.3 Å². The van der Waals surface area contributed by atoms with E-state index in [-0.39, 0.29) is 24.2 Å². The summed E-state index contributed by atoms with van der Waals surface area (Å²) in [6.07, 6.45) is 1.93. The molecule has 3 rings (SSSR count). The minimum absolute atomic E-state index is 0.00188. The van der Waals surface area contributed by atoms with Crippen molar-refractivity contribution >= 4 is 5.91 Å². The van der Waals surface area contributed by atoms with Crippen LogP contribution < -0.4 is 9.47 Å². The smallest absolute Gasteiger partial charge is 0.227 e. The van der Waals surface area contributed by atoms with E-state index in [4.69, 9.17) is 9.47 Å². The van der Waals surface area contributed by atoms with Gasteiger partial charge in [0, 0.05) is 12.1 Å². The Bertz CT molecular complexity index is 762. The molecule has 1 aliphatic rings. The normalized spacial score (nSPS) is 16.8. The van der Waals surface area contributed by atoms with E-state index in [2.05, 4.69) is 0 Å². The van der Waals surface area contributed by atoms with Gasteiger partial charge in [0.25, 0.3) is 0 Å². The Morgan fingerprint density at radius 3 is 2.64 bits per heavy atom. The van der Waals surface area contributed by atoms with Crippen LogP contribution in [-0.2, 0) is 11.2 Å². The van der Waals surface area contributed by atoms with Gasteiger partial charge in [-0.3, -0.25) is 4.79 Å². The highest BCUT2D eigenvalue weighted by atomic mass is 19.1. The Hall–Kier alpha value is -2.56. The molecule has 2 aromatic carbocycles. The van der Waals surface area contributed by atoms with Crippen LogP contribution in [0.4, 0.5) is 4.39 Å². The lowest BCUT2D eigenvalue weighted by Crippen LogP contribution is -2.32. The van der Waals surface area contributed by atoms with Gasteiger partial charge in [-0.15, -0.1) is 0 Å². The van der Waals surface area contributed by atoms with Gasteiger partial charge in [-0.25, -0.2) is 4.39 Å². The Balaban J connectivity index is 1.77. The first-order valence-electron chi connectivity index (χ1n) is 8.39. The van der Waals surface area contributed by atoms with Crippen LogP contribution in [0, 0.1) is 5.82 Å². The molecule has 0 radical (unpaired) electrons. The van der Waals surface area contributed by atoms with Crippen molar-refractivity contribution in [3.8, 4) is 11.5 Å². The highest BCUT2D eigenvalue weighted by Gasteiger charge is 2.31. The average molecular weight is 343 g/mol. The summed E-state index contributed by atoms with van der Waals surface area (Å²) in [4.78, 5) is 14.6. The monoisotopic (exact) mass is 343 g/mol. The SMILES string of the molecule is COc1ccc(CC(=O)N2CCCC2c2ccccc2F)cc1OC. The van der Waals surface area contributed by atoms with E-state index in [1.165, 1.54) is 6.07 Å². The van der Waals surface area contributed by atoms with E-state index in [0.717, 1.165) is 18.4 Å². The summed E-state index contributed by atoms with van der Waals surface area (Å²) in [5, 5.41) is 0. The lowest BCUT2D eigenvalue weighted by Gasteiger charge is -2.25. The molecule has 0 saturated carbocycles. The molecule has 132 valence electrons. The summed E-state index contributed by atoms with van der Waals surface area (Å²) in [6, 6.07) is 12.0. The number of methoxy groups -OCH3 is 2. The third-order valence-electron chi connectivity index (χ3n) is 4.64. The fourth-order valence-electron chi connectivity index (χ4n) is 3.40. The molecule has 1 saturated heterocycles. The molecule has 1 fully saturated rings. The van der Waals surface area contributed by atoms with Gasteiger partial charge >= 0.3 is 0 Å². The molecular formula is C20H22FNO3. The second-order valence-electron chi connectivity index (χ2n) is 6.13. The predicted octanol–water partition coefficient (Wildman–Crippen LogP) is 3.75. The summed E-state index contributed by atoms with van der Waals surface area (Å²) in [5.74, 6) is 0.972. The van der Waals surface area contributed by atoms with Crippen LogP contribution in [0.5, 0.6) is 11.5 Å². The second-order valence-corrected chi connectivity index (χ2v) is 6.13. The number of likely N-dealkylation sites (tertiary alicyclic amines) is 1. The van der Waals surface area contributed by atoms with Crippen molar-refractivity contribution in [1.29, 1.82) is 0 Å². The zero-order valence-corrected chi connectivity index (χ0v) is 14.5. The molecule has 1 aliphatic heterocycles. The first kappa shape index (κ1) is 17.3. The maximum absolute atomic E-state index is 14.1. The lowest BCUT2D eigenvalue weighted by molar-refractivity contribution is -0.131. The van der Waals surface area contributed by atoms with Crippen LogP contribution >= 0.6 is 0 Å². The first-order chi connectivity index (χ1) is 12.1. The molecular weight excluding hydrogens is 321 g/mol. The van der Waals surface area contributed by atoms with E-state index in [9.17, 15) is 9.18 Å². The van der Waals surface area contributed by atoms with E-state index in [1.807, 2.05) is 18.2 Å².